The number of aromatic nitrogens is 2. The van der Waals surface area contributed by atoms with Crippen molar-refractivity contribution in [3.63, 3.8) is 0 Å². The second-order valence-electron chi connectivity index (χ2n) is 10.3. The molecule has 0 atom stereocenters. The fourth-order valence-electron chi connectivity index (χ4n) is 4.18. The molecule has 2 amide bonds. The molecule has 1 saturated heterocycles. The van der Waals surface area contributed by atoms with Crippen LogP contribution in [-0.2, 0) is 32.1 Å². The Labute approximate surface area is 222 Å². The van der Waals surface area contributed by atoms with Gasteiger partial charge in [-0.15, -0.1) is 0 Å². The van der Waals surface area contributed by atoms with Crippen molar-refractivity contribution < 1.29 is 40.4 Å². The van der Waals surface area contributed by atoms with Gasteiger partial charge >= 0.3 is 6.18 Å². The first-order valence-corrected chi connectivity index (χ1v) is 13.6. The molecule has 0 bridgehead atoms. The van der Waals surface area contributed by atoms with Crippen molar-refractivity contribution in [2.45, 2.75) is 51.7 Å². The molecule has 3 aromatic rings. The lowest BCUT2D eigenvalue weighted by Crippen LogP contribution is -2.32. The molecule has 0 spiro atoms. The van der Waals surface area contributed by atoms with Gasteiger partial charge in [0.05, 0.1) is 16.7 Å². The molecule has 0 radical (unpaired) electrons. The maximum Gasteiger partial charge on any atom is 0.420 e. The Balaban J connectivity index is 1.64. The van der Waals surface area contributed by atoms with Crippen molar-refractivity contribution in [1.29, 1.82) is 0 Å². The molecule has 0 aliphatic carbocycles. The minimum atomic E-state index is -4.87. The molecule has 1 fully saturated rings. The molecular weight excluding hydrogens is 539 g/mol. The smallest absolute Gasteiger partial charge is 0.420 e. The Morgan fingerprint density at radius 3 is 2.41 bits per heavy atom. The normalized spacial score (nSPS) is 15.8. The number of alkyl halides is 3. The minimum Gasteiger partial charge on any atom is -0.455 e. The number of halogens is 3. The van der Waals surface area contributed by atoms with Crippen molar-refractivity contribution >= 4 is 21.7 Å². The zero-order valence-electron chi connectivity index (χ0n) is 21.6. The number of hydrogen-bond donors (Lipinski definition) is 0. The molecule has 1 aliphatic heterocycles. The van der Waals surface area contributed by atoms with Gasteiger partial charge in [0.2, 0.25) is 23.5 Å². The van der Waals surface area contributed by atoms with E-state index in [1.54, 1.807) is 27.7 Å². The zero-order valence-corrected chi connectivity index (χ0v) is 22.4. The number of ether oxygens (including phenoxy) is 1. The standard InChI is InChI=1S/C26H26F3N3O6S/c1-15(2)14-39(35,36)20-8-6-5-7-19(20)37-18-10-9-16(11-17(18)26(27,28)29)23-30-21(38-31-23)13-32-22(33)12-25(3,4)24(32)34/h5-11,15H,12-14H2,1-4H3. The molecule has 1 aromatic heterocycles. The fourth-order valence-corrected chi connectivity index (χ4v) is 5.94. The largest absolute Gasteiger partial charge is 0.455 e. The van der Waals surface area contributed by atoms with E-state index in [-0.39, 0.29) is 52.6 Å². The van der Waals surface area contributed by atoms with E-state index in [0.29, 0.717) is 0 Å². The van der Waals surface area contributed by atoms with Crippen LogP contribution in [0.2, 0.25) is 0 Å². The first kappa shape index (κ1) is 28.3. The topological polar surface area (TPSA) is 120 Å². The summed E-state index contributed by atoms with van der Waals surface area (Å²) < 4.78 is 78.3. The summed E-state index contributed by atoms with van der Waals surface area (Å²) in [4.78, 5) is 29.5. The van der Waals surface area contributed by atoms with Crippen LogP contribution < -0.4 is 4.74 Å². The highest BCUT2D eigenvalue weighted by atomic mass is 32.2. The van der Waals surface area contributed by atoms with Gasteiger partial charge in [0.25, 0.3) is 0 Å². The Bertz CT molecular complexity index is 1530. The van der Waals surface area contributed by atoms with Gasteiger partial charge in [-0.3, -0.25) is 14.5 Å². The van der Waals surface area contributed by atoms with E-state index >= 15 is 0 Å². The number of benzene rings is 2. The van der Waals surface area contributed by atoms with Crippen molar-refractivity contribution in [3.05, 3.63) is 53.9 Å². The number of carbonyl (C=O) groups is 2. The summed E-state index contributed by atoms with van der Waals surface area (Å²) in [5, 5.41) is 3.70. The summed E-state index contributed by atoms with van der Waals surface area (Å²) in [5.74, 6) is -2.40. The average molecular weight is 566 g/mol. The Morgan fingerprint density at radius 2 is 1.79 bits per heavy atom. The summed E-state index contributed by atoms with van der Waals surface area (Å²) in [5.41, 5.74) is -2.12. The second-order valence-corrected chi connectivity index (χ2v) is 12.3. The van der Waals surface area contributed by atoms with E-state index in [1.807, 2.05) is 0 Å². The van der Waals surface area contributed by atoms with E-state index in [4.69, 9.17) is 9.26 Å². The van der Waals surface area contributed by atoms with Gasteiger partial charge in [-0.1, -0.05) is 45.0 Å². The number of hydrogen-bond acceptors (Lipinski definition) is 8. The molecule has 2 heterocycles. The lowest BCUT2D eigenvalue weighted by molar-refractivity contribution is -0.142. The highest BCUT2D eigenvalue weighted by molar-refractivity contribution is 7.91. The summed E-state index contributed by atoms with van der Waals surface area (Å²) in [7, 11) is -3.82. The number of para-hydroxylation sites is 1. The molecule has 208 valence electrons. The average Bonchev–Trinajstić information content (AvgIpc) is 3.36. The predicted octanol–water partition coefficient (Wildman–Crippen LogP) is 5.26. The van der Waals surface area contributed by atoms with Crippen LogP contribution in [0.25, 0.3) is 11.4 Å². The number of sulfone groups is 1. The van der Waals surface area contributed by atoms with E-state index in [1.165, 1.54) is 30.3 Å². The van der Waals surface area contributed by atoms with Gasteiger partial charge in [-0.25, -0.2) is 8.42 Å². The molecule has 4 rings (SSSR count). The van der Waals surface area contributed by atoms with Crippen LogP contribution in [0.4, 0.5) is 13.2 Å². The van der Waals surface area contributed by atoms with Crippen molar-refractivity contribution in [2.75, 3.05) is 5.75 Å². The van der Waals surface area contributed by atoms with Crippen LogP contribution in [0.1, 0.15) is 45.6 Å². The highest BCUT2D eigenvalue weighted by Crippen LogP contribution is 2.41. The summed E-state index contributed by atoms with van der Waals surface area (Å²) >= 11 is 0. The Morgan fingerprint density at radius 1 is 1.10 bits per heavy atom. The minimum absolute atomic E-state index is 0.0190. The zero-order chi connectivity index (χ0) is 28.8. The number of imide groups is 1. The van der Waals surface area contributed by atoms with E-state index < -0.39 is 44.6 Å². The molecule has 0 N–H and O–H groups in total. The first-order valence-electron chi connectivity index (χ1n) is 12.0. The Hall–Kier alpha value is -3.74. The predicted molar refractivity (Wildman–Crippen MR) is 132 cm³/mol. The number of amides is 2. The van der Waals surface area contributed by atoms with E-state index in [9.17, 15) is 31.2 Å². The van der Waals surface area contributed by atoms with Gasteiger partial charge < -0.3 is 9.26 Å². The lowest BCUT2D eigenvalue weighted by Gasteiger charge is -2.17. The van der Waals surface area contributed by atoms with Gasteiger partial charge in [0, 0.05) is 12.0 Å². The van der Waals surface area contributed by atoms with Gasteiger partial charge in [0.15, 0.2) is 9.84 Å². The summed E-state index contributed by atoms with van der Waals surface area (Å²) in [6.07, 6.45) is -4.85. The number of likely N-dealkylation sites (tertiary alicyclic amines) is 1. The third-order valence-corrected chi connectivity index (χ3v) is 8.09. The van der Waals surface area contributed by atoms with Crippen molar-refractivity contribution in [1.82, 2.24) is 15.0 Å². The molecule has 0 unspecified atom stereocenters. The first-order chi connectivity index (χ1) is 18.1. The second kappa shape index (κ2) is 10.1. The summed E-state index contributed by atoms with van der Waals surface area (Å²) in [6, 6.07) is 8.55. The Kier molecular flexibility index (Phi) is 7.32. The van der Waals surface area contributed by atoms with Crippen LogP contribution in [0.5, 0.6) is 11.5 Å². The maximum absolute atomic E-state index is 14.0. The van der Waals surface area contributed by atoms with Crippen LogP contribution in [-0.4, -0.2) is 41.0 Å². The number of nitrogens with zero attached hydrogens (tertiary/aromatic N) is 3. The quantitative estimate of drug-likeness (QED) is 0.339. The molecule has 1 aliphatic rings. The van der Waals surface area contributed by atoms with Gasteiger partial charge in [-0.2, -0.15) is 18.2 Å². The van der Waals surface area contributed by atoms with E-state index in [2.05, 4.69) is 10.1 Å². The fraction of sp³-hybridized carbons (Fsp3) is 0.385. The monoisotopic (exact) mass is 565 g/mol. The molecular formula is C26H26F3N3O6S. The molecule has 39 heavy (non-hydrogen) atoms. The lowest BCUT2D eigenvalue weighted by atomic mass is 9.92. The third kappa shape index (κ3) is 5.97. The highest BCUT2D eigenvalue weighted by Gasteiger charge is 2.45. The van der Waals surface area contributed by atoms with Crippen LogP contribution in [0.3, 0.4) is 0 Å². The van der Waals surface area contributed by atoms with Crippen molar-refractivity contribution in [2.24, 2.45) is 11.3 Å². The van der Waals surface area contributed by atoms with Gasteiger partial charge in [0.1, 0.15) is 22.9 Å². The number of carbonyl (C=O) groups excluding carboxylic acids is 2. The molecule has 0 saturated carbocycles. The van der Waals surface area contributed by atoms with Crippen LogP contribution >= 0.6 is 0 Å². The molecule has 13 heteroatoms. The third-order valence-electron chi connectivity index (χ3n) is 5.98. The molecule has 9 nitrogen and oxygen atoms in total. The van der Waals surface area contributed by atoms with Crippen molar-refractivity contribution in [3.8, 4) is 22.9 Å². The summed E-state index contributed by atoms with van der Waals surface area (Å²) in [6.45, 7) is 6.39. The molecule has 2 aromatic carbocycles. The van der Waals surface area contributed by atoms with E-state index in [0.717, 1.165) is 17.0 Å². The number of rotatable bonds is 8. The SMILES string of the molecule is CC(C)CS(=O)(=O)c1ccccc1Oc1ccc(-c2noc(CN3C(=O)CC(C)(C)C3=O)n2)cc1C(F)(F)F. The maximum atomic E-state index is 14.0. The van der Waals surface area contributed by atoms with Gasteiger partial charge in [-0.05, 0) is 36.2 Å². The van der Waals surface area contributed by atoms with Crippen LogP contribution in [0.15, 0.2) is 51.9 Å². The van der Waals surface area contributed by atoms with Crippen LogP contribution in [0, 0.1) is 11.3 Å².